The first kappa shape index (κ1) is 13.6. The predicted octanol–water partition coefficient (Wildman–Crippen LogP) is 1.91. The van der Waals surface area contributed by atoms with Crippen molar-refractivity contribution in [1.82, 2.24) is 4.90 Å². The fourth-order valence-corrected chi connectivity index (χ4v) is 2.94. The van der Waals surface area contributed by atoms with E-state index in [1.54, 1.807) is 0 Å². The molecule has 2 N–H and O–H groups in total. The van der Waals surface area contributed by atoms with Gasteiger partial charge >= 0.3 is 6.18 Å². The molecule has 1 saturated carbocycles. The number of amides is 1. The quantitative estimate of drug-likeness (QED) is 0.786. The minimum atomic E-state index is -4.19. The Morgan fingerprint density at radius 2 is 1.94 bits per heavy atom. The SMILES string of the molecule is NC1CCC(C(=O)N2CCCC(C(F)(F)F)C2)C1. The van der Waals surface area contributed by atoms with E-state index in [9.17, 15) is 18.0 Å². The standard InChI is InChI=1S/C12H19F3N2O/c13-12(14,15)9-2-1-5-17(7-9)11(18)8-3-4-10(16)6-8/h8-10H,1-7,16H2. The van der Waals surface area contributed by atoms with Gasteiger partial charge in [-0.05, 0) is 32.1 Å². The average Bonchev–Trinajstić information content (AvgIpc) is 2.74. The van der Waals surface area contributed by atoms with Crippen molar-refractivity contribution in [2.24, 2.45) is 17.6 Å². The van der Waals surface area contributed by atoms with Gasteiger partial charge in [0.25, 0.3) is 0 Å². The summed E-state index contributed by atoms with van der Waals surface area (Å²) in [5.41, 5.74) is 5.74. The highest BCUT2D eigenvalue weighted by molar-refractivity contribution is 5.79. The Labute approximate surface area is 104 Å². The third kappa shape index (κ3) is 2.96. The van der Waals surface area contributed by atoms with Crippen LogP contribution < -0.4 is 5.73 Å². The summed E-state index contributed by atoms with van der Waals surface area (Å²) in [7, 11) is 0. The normalized spacial score (nSPS) is 33.8. The molecule has 0 aromatic carbocycles. The van der Waals surface area contributed by atoms with Crippen molar-refractivity contribution in [3.05, 3.63) is 0 Å². The molecule has 1 heterocycles. The van der Waals surface area contributed by atoms with Crippen LogP contribution in [-0.2, 0) is 4.79 Å². The molecular formula is C12H19F3N2O. The number of nitrogens with zero attached hydrogens (tertiary/aromatic N) is 1. The summed E-state index contributed by atoms with van der Waals surface area (Å²) in [5, 5.41) is 0. The van der Waals surface area contributed by atoms with Crippen LogP contribution in [0.15, 0.2) is 0 Å². The number of carbonyl (C=O) groups is 1. The molecule has 3 nitrogen and oxygen atoms in total. The van der Waals surface area contributed by atoms with E-state index in [0.29, 0.717) is 25.8 Å². The van der Waals surface area contributed by atoms with Gasteiger partial charge in [-0.25, -0.2) is 0 Å². The Balaban J connectivity index is 1.94. The van der Waals surface area contributed by atoms with E-state index in [1.165, 1.54) is 4.90 Å². The first-order valence-electron chi connectivity index (χ1n) is 6.49. The molecule has 1 saturated heterocycles. The maximum atomic E-state index is 12.7. The highest BCUT2D eigenvalue weighted by Gasteiger charge is 2.43. The smallest absolute Gasteiger partial charge is 0.342 e. The molecule has 0 aromatic rings. The lowest BCUT2D eigenvalue weighted by Crippen LogP contribution is -2.46. The minimum Gasteiger partial charge on any atom is -0.342 e. The zero-order chi connectivity index (χ0) is 13.3. The van der Waals surface area contributed by atoms with Crippen molar-refractivity contribution < 1.29 is 18.0 Å². The van der Waals surface area contributed by atoms with E-state index in [0.717, 1.165) is 6.42 Å². The van der Waals surface area contributed by atoms with E-state index in [-0.39, 0.29) is 30.8 Å². The number of hydrogen-bond donors (Lipinski definition) is 1. The van der Waals surface area contributed by atoms with Gasteiger partial charge in [0.2, 0.25) is 5.91 Å². The number of rotatable bonds is 1. The Morgan fingerprint density at radius 1 is 1.22 bits per heavy atom. The lowest BCUT2D eigenvalue weighted by atomic mass is 9.95. The highest BCUT2D eigenvalue weighted by atomic mass is 19.4. The summed E-state index contributed by atoms with van der Waals surface area (Å²) in [6.07, 6.45) is -1.48. The molecule has 18 heavy (non-hydrogen) atoms. The molecule has 1 aliphatic carbocycles. The van der Waals surface area contributed by atoms with Crippen LogP contribution >= 0.6 is 0 Å². The number of piperidine rings is 1. The summed E-state index contributed by atoms with van der Waals surface area (Å²) in [5.74, 6) is -1.64. The van der Waals surface area contributed by atoms with Crippen LogP contribution in [-0.4, -0.2) is 36.1 Å². The second-order valence-electron chi connectivity index (χ2n) is 5.44. The zero-order valence-corrected chi connectivity index (χ0v) is 10.2. The van der Waals surface area contributed by atoms with Gasteiger partial charge in [0.05, 0.1) is 5.92 Å². The van der Waals surface area contributed by atoms with Crippen LogP contribution in [0.5, 0.6) is 0 Å². The summed E-state index contributed by atoms with van der Waals surface area (Å²) < 4.78 is 38.0. The van der Waals surface area contributed by atoms with E-state index in [2.05, 4.69) is 0 Å². The third-order valence-corrected chi connectivity index (χ3v) is 4.02. The van der Waals surface area contributed by atoms with Crippen molar-refractivity contribution >= 4 is 5.91 Å². The molecule has 3 unspecified atom stereocenters. The van der Waals surface area contributed by atoms with Gasteiger partial charge < -0.3 is 10.6 Å². The fourth-order valence-electron chi connectivity index (χ4n) is 2.94. The number of likely N-dealkylation sites (tertiary alicyclic amines) is 1. The van der Waals surface area contributed by atoms with E-state index < -0.39 is 12.1 Å². The lowest BCUT2D eigenvalue weighted by Gasteiger charge is -2.35. The van der Waals surface area contributed by atoms with Crippen LogP contribution in [0.2, 0.25) is 0 Å². The second-order valence-corrected chi connectivity index (χ2v) is 5.44. The van der Waals surface area contributed by atoms with E-state index >= 15 is 0 Å². The van der Waals surface area contributed by atoms with Crippen LogP contribution in [0.4, 0.5) is 13.2 Å². The van der Waals surface area contributed by atoms with Gasteiger partial charge in [-0.1, -0.05) is 0 Å². The molecule has 0 aromatic heterocycles. The van der Waals surface area contributed by atoms with Crippen LogP contribution in [0.25, 0.3) is 0 Å². The topological polar surface area (TPSA) is 46.3 Å². The number of alkyl halides is 3. The molecule has 2 fully saturated rings. The minimum absolute atomic E-state index is 0.0298. The first-order chi connectivity index (χ1) is 8.38. The monoisotopic (exact) mass is 264 g/mol. The molecular weight excluding hydrogens is 245 g/mol. The van der Waals surface area contributed by atoms with Gasteiger partial charge in [0, 0.05) is 25.0 Å². The highest BCUT2D eigenvalue weighted by Crippen LogP contribution is 2.34. The van der Waals surface area contributed by atoms with Gasteiger partial charge in [0.1, 0.15) is 0 Å². The molecule has 6 heteroatoms. The molecule has 0 radical (unpaired) electrons. The van der Waals surface area contributed by atoms with E-state index in [1.807, 2.05) is 0 Å². The van der Waals surface area contributed by atoms with Crippen molar-refractivity contribution in [2.45, 2.75) is 44.3 Å². The van der Waals surface area contributed by atoms with Crippen LogP contribution in [0.3, 0.4) is 0 Å². The zero-order valence-electron chi connectivity index (χ0n) is 10.2. The lowest BCUT2D eigenvalue weighted by molar-refractivity contribution is -0.188. The molecule has 104 valence electrons. The largest absolute Gasteiger partial charge is 0.393 e. The molecule has 2 rings (SSSR count). The first-order valence-corrected chi connectivity index (χ1v) is 6.49. The fraction of sp³-hybridized carbons (Fsp3) is 0.917. The molecule has 0 spiro atoms. The molecule has 1 amide bonds. The van der Waals surface area contributed by atoms with Gasteiger partial charge in [-0.15, -0.1) is 0 Å². The van der Waals surface area contributed by atoms with Gasteiger partial charge in [0.15, 0.2) is 0 Å². The molecule has 1 aliphatic heterocycles. The van der Waals surface area contributed by atoms with E-state index in [4.69, 9.17) is 5.73 Å². The van der Waals surface area contributed by atoms with Gasteiger partial charge in [-0.3, -0.25) is 4.79 Å². The number of hydrogen-bond acceptors (Lipinski definition) is 2. The van der Waals surface area contributed by atoms with Crippen LogP contribution in [0, 0.1) is 11.8 Å². The van der Waals surface area contributed by atoms with Crippen molar-refractivity contribution in [3.63, 3.8) is 0 Å². The van der Waals surface area contributed by atoms with Gasteiger partial charge in [-0.2, -0.15) is 13.2 Å². The Morgan fingerprint density at radius 3 is 2.50 bits per heavy atom. The third-order valence-electron chi connectivity index (χ3n) is 4.02. The Hall–Kier alpha value is -0.780. The van der Waals surface area contributed by atoms with Crippen LogP contribution in [0.1, 0.15) is 32.1 Å². The number of carbonyl (C=O) groups excluding carboxylic acids is 1. The number of nitrogens with two attached hydrogens (primary N) is 1. The Bertz CT molecular complexity index is 319. The Kier molecular flexibility index (Phi) is 3.84. The summed E-state index contributed by atoms with van der Waals surface area (Å²) in [6, 6.07) is 0.0298. The molecule has 2 aliphatic rings. The maximum absolute atomic E-state index is 12.7. The summed E-state index contributed by atoms with van der Waals surface area (Å²) >= 11 is 0. The second kappa shape index (κ2) is 5.07. The van der Waals surface area contributed by atoms with Crippen molar-refractivity contribution in [2.75, 3.05) is 13.1 Å². The predicted molar refractivity (Wildman–Crippen MR) is 60.7 cm³/mol. The summed E-state index contributed by atoms with van der Waals surface area (Å²) in [6.45, 7) is 0.283. The number of halogens is 3. The van der Waals surface area contributed by atoms with Crippen molar-refractivity contribution in [3.8, 4) is 0 Å². The van der Waals surface area contributed by atoms with Crippen molar-refractivity contribution in [1.29, 1.82) is 0 Å². The summed E-state index contributed by atoms with van der Waals surface area (Å²) in [4.78, 5) is 13.5. The maximum Gasteiger partial charge on any atom is 0.393 e. The average molecular weight is 264 g/mol. The molecule has 3 atom stereocenters. The molecule has 0 bridgehead atoms.